The van der Waals surface area contributed by atoms with Crippen molar-refractivity contribution in [3.05, 3.63) is 65.2 Å². The molecule has 2 aromatic rings. The highest BCUT2D eigenvalue weighted by atomic mass is 16.2. The first-order valence-electron chi connectivity index (χ1n) is 9.53. The number of rotatable bonds is 4. The van der Waals surface area contributed by atoms with E-state index in [2.05, 4.69) is 12.2 Å². The van der Waals surface area contributed by atoms with Crippen molar-refractivity contribution in [2.75, 3.05) is 31.5 Å². The van der Waals surface area contributed by atoms with Crippen LogP contribution in [0.25, 0.3) is 0 Å². The van der Waals surface area contributed by atoms with Gasteiger partial charge in [-0.1, -0.05) is 19.1 Å². The van der Waals surface area contributed by atoms with Gasteiger partial charge in [0.2, 0.25) is 5.91 Å². The normalized spacial score (nSPS) is 13.9. The summed E-state index contributed by atoms with van der Waals surface area (Å²) < 4.78 is 0. The van der Waals surface area contributed by atoms with Gasteiger partial charge in [0, 0.05) is 49.9 Å². The van der Waals surface area contributed by atoms with Crippen LogP contribution in [-0.2, 0) is 11.2 Å². The Balaban J connectivity index is 1.57. The maximum absolute atomic E-state index is 12.7. The highest BCUT2D eigenvalue weighted by Gasteiger charge is 2.25. The molecule has 1 fully saturated rings. The molecule has 146 valence electrons. The molecular weight excluding hydrogens is 354 g/mol. The number of carbonyl (C=O) groups is 3. The number of nitrogens with one attached hydrogen (secondary N) is 1. The van der Waals surface area contributed by atoms with Gasteiger partial charge in [-0.25, -0.2) is 0 Å². The summed E-state index contributed by atoms with van der Waals surface area (Å²) in [6.45, 7) is 5.57. The average molecular weight is 379 g/mol. The van der Waals surface area contributed by atoms with E-state index in [4.69, 9.17) is 0 Å². The Hall–Kier alpha value is -3.15. The summed E-state index contributed by atoms with van der Waals surface area (Å²) in [4.78, 5) is 40.0. The second kappa shape index (κ2) is 8.69. The van der Waals surface area contributed by atoms with E-state index in [1.807, 2.05) is 24.3 Å². The number of carbonyl (C=O) groups excluding carboxylic acids is 3. The molecule has 0 saturated carbocycles. The minimum atomic E-state index is -0.149. The molecule has 1 N–H and O–H groups in total. The van der Waals surface area contributed by atoms with Gasteiger partial charge in [0.05, 0.1) is 0 Å². The fraction of sp³-hybridized carbons (Fsp3) is 0.318. The number of piperazine rings is 1. The summed E-state index contributed by atoms with van der Waals surface area (Å²) in [6.07, 6.45) is 0.945. The third-order valence-corrected chi connectivity index (χ3v) is 4.92. The van der Waals surface area contributed by atoms with Gasteiger partial charge >= 0.3 is 0 Å². The van der Waals surface area contributed by atoms with Crippen LogP contribution >= 0.6 is 0 Å². The second-order valence-corrected chi connectivity index (χ2v) is 6.89. The molecule has 0 aromatic heterocycles. The lowest BCUT2D eigenvalue weighted by molar-refractivity contribution is -0.114. The van der Waals surface area contributed by atoms with Crippen molar-refractivity contribution >= 4 is 23.4 Å². The van der Waals surface area contributed by atoms with E-state index in [0.717, 1.165) is 6.42 Å². The Morgan fingerprint density at radius 3 is 1.61 bits per heavy atom. The molecule has 0 radical (unpaired) electrons. The first-order chi connectivity index (χ1) is 13.5. The molecule has 1 aliphatic heterocycles. The number of amides is 3. The van der Waals surface area contributed by atoms with Crippen LogP contribution in [0.1, 0.15) is 40.1 Å². The second-order valence-electron chi connectivity index (χ2n) is 6.89. The lowest BCUT2D eigenvalue weighted by Crippen LogP contribution is -2.50. The molecule has 0 bridgehead atoms. The SMILES string of the molecule is CCc1ccc(C(=O)N2CCN(C(=O)c3ccc(NC(C)=O)cc3)CC2)cc1. The molecule has 1 saturated heterocycles. The summed E-state index contributed by atoms with van der Waals surface area (Å²) in [6, 6.07) is 14.6. The van der Waals surface area contributed by atoms with E-state index in [1.54, 1.807) is 34.1 Å². The minimum Gasteiger partial charge on any atom is -0.335 e. The summed E-state index contributed by atoms with van der Waals surface area (Å²) in [5.74, 6) is -0.201. The van der Waals surface area contributed by atoms with E-state index in [0.29, 0.717) is 43.0 Å². The summed E-state index contributed by atoms with van der Waals surface area (Å²) >= 11 is 0. The van der Waals surface area contributed by atoms with Crippen molar-refractivity contribution in [2.45, 2.75) is 20.3 Å². The Bertz CT molecular complexity index is 852. The van der Waals surface area contributed by atoms with Crippen molar-refractivity contribution < 1.29 is 14.4 Å². The van der Waals surface area contributed by atoms with E-state index in [9.17, 15) is 14.4 Å². The van der Waals surface area contributed by atoms with Gasteiger partial charge < -0.3 is 15.1 Å². The molecule has 3 amide bonds. The predicted octanol–water partition coefficient (Wildman–Crippen LogP) is 2.81. The fourth-order valence-corrected chi connectivity index (χ4v) is 3.26. The van der Waals surface area contributed by atoms with Crippen molar-refractivity contribution in [2.24, 2.45) is 0 Å². The molecular formula is C22H25N3O3. The Kier molecular flexibility index (Phi) is 6.09. The number of hydrogen-bond donors (Lipinski definition) is 1. The molecule has 0 aliphatic carbocycles. The van der Waals surface area contributed by atoms with E-state index < -0.39 is 0 Å². The van der Waals surface area contributed by atoms with Crippen LogP contribution in [-0.4, -0.2) is 53.7 Å². The monoisotopic (exact) mass is 379 g/mol. The number of hydrogen-bond acceptors (Lipinski definition) is 3. The number of aryl methyl sites for hydroxylation is 1. The maximum Gasteiger partial charge on any atom is 0.253 e. The van der Waals surface area contributed by atoms with E-state index in [1.165, 1.54) is 12.5 Å². The summed E-state index contributed by atoms with van der Waals surface area (Å²) in [5, 5.41) is 2.68. The third kappa shape index (κ3) is 4.57. The van der Waals surface area contributed by atoms with Crippen LogP contribution in [0.15, 0.2) is 48.5 Å². The van der Waals surface area contributed by atoms with Crippen LogP contribution in [0.3, 0.4) is 0 Å². The summed E-state index contributed by atoms with van der Waals surface area (Å²) in [5.41, 5.74) is 3.12. The predicted molar refractivity (Wildman–Crippen MR) is 108 cm³/mol. The molecule has 28 heavy (non-hydrogen) atoms. The quantitative estimate of drug-likeness (QED) is 0.888. The molecule has 1 aliphatic rings. The highest BCUT2D eigenvalue weighted by molar-refractivity contribution is 5.96. The van der Waals surface area contributed by atoms with E-state index in [-0.39, 0.29) is 17.7 Å². The van der Waals surface area contributed by atoms with Gasteiger partial charge in [0.25, 0.3) is 11.8 Å². The highest BCUT2D eigenvalue weighted by Crippen LogP contribution is 2.15. The van der Waals surface area contributed by atoms with Crippen LogP contribution in [0, 0.1) is 0 Å². The van der Waals surface area contributed by atoms with Crippen LogP contribution in [0.2, 0.25) is 0 Å². The lowest BCUT2D eigenvalue weighted by Gasteiger charge is -2.35. The van der Waals surface area contributed by atoms with E-state index >= 15 is 0 Å². The van der Waals surface area contributed by atoms with Gasteiger partial charge in [-0.15, -0.1) is 0 Å². The van der Waals surface area contributed by atoms with Crippen LogP contribution in [0.4, 0.5) is 5.69 Å². The van der Waals surface area contributed by atoms with Gasteiger partial charge in [-0.05, 0) is 48.4 Å². The Labute approximate surface area is 165 Å². The molecule has 3 rings (SSSR count). The topological polar surface area (TPSA) is 69.7 Å². The Morgan fingerprint density at radius 2 is 1.21 bits per heavy atom. The molecule has 1 heterocycles. The van der Waals surface area contributed by atoms with Gasteiger partial charge in [0.1, 0.15) is 0 Å². The van der Waals surface area contributed by atoms with Crippen molar-refractivity contribution in [3.8, 4) is 0 Å². The first kappa shape index (κ1) is 19.6. The first-order valence-corrected chi connectivity index (χ1v) is 9.53. The molecule has 0 unspecified atom stereocenters. The molecule has 6 nitrogen and oxygen atoms in total. The summed E-state index contributed by atoms with van der Waals surface area (Å²) in [7, 11) is 0. The van der Waals surface area contributed by atoms with Crippen molar-refractivity contribution in [3.63, 3.8) is 0 Å². The smallest absolute Gasteiger partial charge is 0.253 e. The van der Waals surface area contributed by atoms with Gasteiger partial charge in [-0.3, -0.25) is 14.4 Å². The fourth-order valence-electron chi connectivity index (χ4n) is 3.26. The third-order valence-electron chi connectivity index (χ3n) is 4.92. The average Bonchev–Trinajstić information content (AvgIpc) is 2.73. The molecule has 0 spiro atoms. The standard InChI is InChI=1S/C22H25N3O3/c1-3-17-4-6-18(7-5-17)21(27)24-12-14-25(15-13-24)22(28)19-8-10-20(11-9-19)23-16(2)26/h4-11H,3,12-15H2,1-2H3,(H,23,26). The van der Waals surface area contributed by atoms with Gasteiger partial charge in [0.15, 0.2) is 0 Å². The number of nitrogens with zero attached hydrogens (tertiary/aromatic N) is 2. The Morgan fingerprint density at radius 1 is 0.786 bits per heavy atom. The lowest BCUT2D eigenvalue weighted by atomic mass is 10.1. The van der Waals surface area contributed by atoms with Crippen LogP contribution < -0.4 is 5.32 Å². The molecule has 6 heteroatoms. The zero-order valence-electron chi connectivity index (χ0n) is 16.3. The van der Waals surface area contributed by atoms with Crippen LogP contribution in [0.5, 0.6) is 0 Å². The van der Waals surface area contributed by atoms with Crippen molar-refractivity contribution in [1.82, 2.24) is 9.80 Å². The maximum atomic E-state index is 12.7. The number of benzene rings is 2. The zero-order chi connectivity index (χ0) is 20.1. The van der Waals surface area contributed by atoms with Gasteiger partial charge in [-0.2, -0.15) is 0 Å². The zero-order valence-corrected chi connectivity index (χ0v) is 16.3. The minimum absolute atomic E-state index is 0.00871. The van der Waals surface area contributed by atoms with Crippen molar-refractivity contribution in [1.29, 1.82) is 0 Å². The molecule has 2 aromatic carbocycles. The molecule has 0 atom stereocenters. The number of anilines is 1. The largest absolute Gasteiger partial charge is 0.335 e.